The van der Waals surface area contributed by atoms with Crippen LogP contribution in [0.25, 0.3) is 0 Å². The van der Waals surface area contributed by atoms with E-state index in [9.17, 15) is 9.59 Å². The normalized spacial score (nSPS) is 10.2. The van der Waals surface area contributed by atoms with Gasteiger partial charge in [0.15, 0.2) is 5.16 Å². The van der Waals surface area contributed by atoms with Crippen LogP contribution in [0.1, 0.15) is 12.6 Å². The molecule has 0 aliphatic rings. The zero-order valence-electron chi connectivity index (χ0n) is 11.1. The Labute approximate surface area is 120 Å². The lowest BCUT2D eigenvalue weighted by Crippen LogP contribution is -2.15. The molecule has 0 aliphatic carbocycles. The molecule has 1 aromatic heterocycles. The molecular weight excluding hydrogens is 274 g/mol. The number of hydrogen-bond donors (Lipinski definition) is 2. The Balaban J connectivity index is 1.93. The maximum Gasteiger partial charge on any atom is 0.251 e. The molecule has 0 fully saturated rings. The van der Waals surface area contributed by atoms with Gasteiger partial charge in [0.05, 0.1) is 5.75 Å². The largest absolute Gasteiger partial charge is 0.325 e. The number of para-hydroxylation sites is 1. The maximum absolute atomic E-state index is 11.8. The standard InChI is InChI=1S/C14H15N3O2S/c1-2-10-8-12(18)17-14(16-10)20-9-13(19)15-11-6-4-3-5-7-11/h3-8H,2,9H2,1H3,(H,15,19)(H,16,17,18). The molecule has 2 aromatic rings. The molecule has 104 valence electrons. The minimum atomic E-state index is -0.192. The second kappa shape index (κ2) is 6.91. The summed E-state index contributed by atoms with van der Waals surface area (Å²) >= 11 is 1.21. The van der Waals surface area contributed by atoms with Gasteiger partial charge in [-0.2, -0.15) is 0 Å². The van der Waals surface area contributed by atoms with E-state index in [0.717, 1.165) is 11.4 Å². The molecule has 0 bridgehead atoms. The number of H-pyrrole nitrogens is 1. The van der Waals surface area contributed by atoms with Crippen molar-refractivity contribution >= 4 is 23.4 Å². The third-order valence-corrected chi connectivity index (χ3v) is 3.41. The van der Waals surface area contributed by atoms with Crippen molar-refractivity contribution < 1.29 is 4.79 Å². The summed E-state index contributed by atoms with van der Waals surface area (Å²) in [6.45, 7) is 1.93. The van der Waals surface area contributed by atoms with Gasteiger partial charge in [-0.1, -0.05) is 36.9 Å². The number of carbonyl (C=O) groups is 1. The van der Waals surface area contributed by atoms with Crippen LogP contribution in [0.15, 0.2) is 46.3 Å². The third-order valence-electron chi connectivity index (χ3n) is 2.53. The minimum Gasteiger partial charge on any atom is -0.325 e. The second-order valence-electron chi connectivity index (χ2n) is 4.10. The fourth-order valence-electron chi connectivity index (χ4n) is 1.59. The number of aromatic nitrogens is 2. The molecule has 2 rings (SSSR count). The SMILES string of the molecule is CCc1cc(=O)[nH]c(SCC(=O)Nc2ccccc2)n1. The van der Waals surface area contributed by atoms with E-state index in [1.165, 1.54) is 17.8 Å². The van der Waals surface area contributed by atoms with Gasteiger partial charge in [0, 0.05) is 17.4 Å². The fraction of sp³-hybridized carbons (Fsp3) is 0.214. The van der Waals surface area contributed by atoms with Crippen molar-refractivity contribution in [2.75, 3.05) is 11.1 Å². The van der Waals surface area contributed by atoms with Crippen LogP contribution in [0.4, 0.5) is 5.69 Å². The Hall–Kier alpha value is -2.08. The first kappa shape index (κ1) is 14.3. The lowest BCUT2D eigenvalue weighted by molar-refractivity contribution is -0.113. The van der Waals surface area contributed by atoms with Crippen LogP contribution in [-0.2, 0) is 11.2 Å². The van der Waals surface area contributed by atoms with E-state index in [2.05, 4.69) is 15.3 Å². The predicted molar refractivity (Wildman–Crippen MR) is 80.0 cm³/mol. The summed E-state index contributed by atoms with van der Waals surface area (Å²) in [5.74, 6) is 0.0658. The first-order valence-corrected chi connectivity index (χ1v) is 7.24. The molecule has 0 saturated carbocycles. The molecule has 0 radical (unpaired) electrons. The topological polar surface area (TPSA) is 74.8 Å². The first-order valence-electron chi connectivity index (χ1n) is 6.25. The maximum atomic E-state index is 11.8. The summed E-state index contributed by atoms with van der Waals surface area (Å²) < 4.78 is 0. The molecule has 5 nitrogen and oxygen atoms in total. The molecule has 6 heteroatoms. The molecule has 1 amide bonds. The van der Waals surface area contributed by atoms with Crippen molar-refractivity contribution in [2.45, 2.75) is 18.5 Å². The molecule has 0 aliphatic heterocycles. The Kier molecular flexibility index (Phi) is 4.95. The van der Waals surface area contributed by atoms with Crippen molar-refractivity contribution in [3.8, 4) is 0 Å². The van der Waals surface area contributed by atoms with Gasteiger partial charge in [-0.25, -0.2) is 4.98 Å². The molecule has 0 unspecified atom stereocenters. The van der Waals surface area contributed by atoms with E-state index in [-0.39, 0.29) is 17.2 Å². The predicted octanol–water partition coefficient (Wildman–Crippen LogP) is 2.06. The molecule has 0 spiro atoms. The third kappa shape index (κ3) is 4.24. The summed E-state index contributed by atoms with van der Waals surface area (Å²) in [6.07, 6.45) is 0.688. The van der Waals surface area contributed by atoms with Crippen molar-refractivity contribution in [1.29, 1.82) is 0 Å². The van der Waals surface area contributed by atoms with Gasteiger partial charge >= 0.3 is 0 Å². The van der Waals surface area contributed by atoms with E-state index in [1.54, 1.807) is 0 Å². The zero-order valence-corrected chi connectivity index (χ0v) is 11.9. The monoisotopic (exact) mass is 289 g/mol. The smallest absolute Gasteiger partial charge is 0.251 e. The molecule has 1 heterocycles. The quantitative estimate of drug-likeness (QED) is 0.652. The Morgan fingerprint density at radius 2 is 2.10 bits per heavy atom. The van der Waals surface area contributed by atoms with E-state index < -0.39 is 0 Å². The second-order valence-corrected chi connectivity index (χ2v) is 5.06. The zero-order chi connectivity index (χ0) is 14.4. The van der Waals surface area contributed by atoms with Gasteiger partial charge < -0.3 is 10.3 Å². The number of thioether (sulfide) groups is 1. The molecule has 2 N–H and O–H groups in total. The first-order chi connectivity index (χ1) is 9.67. The van der Waals surface area contributed by atoms with E-state index in [1.807, 2.05) is 37.3 Å². The minimum absolute atomic E-state index is 0.134. The fourth-order valence-corrected chi connectivity index (χ4v) is 2.28. The van der Waals surface area contributed by atoms with Gasteiger partial charge in [-0.05, 0) is 18.6 Å². The molecular formula is C14H15N3O2S. The van der Waals surface area contributed by atoms with Gasteiger partial charge in [0.2, 0.25) is 5.91 Å². The number of nitrogens with one attached hydrogen (secondary N) is 2. The average molecular weight is 289 g/mol. The molecule has 0 saturated heterocycles. The number of aryl methyl sites for hydroxylation is 1. The number of amides is 1. The number of hydrogen-bond acceptors (Lipinski definition) is 4. The van der Waals surface area contributed by atoms with Crippen LogP contribution in [0, 0.1) is 0 Å². The van der Waals surface area contributed by atoms with Crippen molar-refractivity contribution in [1.82, 2.24) is 9.97 Å². The summed E-state index contributed by atoms with van der Waals surface area (Å²) in [6, 6.07) is 10.7. The summed E-state index contributed by atoms with van der Waals surface area (Å²) in [4.78, 5) is 30.0. The van der Waals surface area contributed by atoms with Crippen LogP contribution in [0.2, 0.25) is 0 Å². The Bertz CT molecular complexity index is 640. The lowest BCUT2D eigenvalue weighted by Gasteiger charge is -2.05. The highest BCUT2D eigenvalue weighted by Gasteiger charge is 2.06. The van der Waals surface area contributed by atoms with Crippen LogP contribution < -0.4 is 10.9 Å². The number of aromatic amines is 1. The Morgan fingerprint density at radius 1 is 1.35 bits per heavy atom. The summed E-state index contributed by atoms with van der Waals surface area (Å²) in [5, 5.41) is 3.25. The average Bonchev–Trinajstić information content (AvgIpc) is 2.45. The highest BCUT2D eigenvalue weighted by atomic mass is 32.2. The Morgan fingerprint density at radius 3 is 2.80 bits per heavy atom. The van der Waals surface area contributed by atoms with Crippen molar-refractivity contribution in [3.05, 3.63) is 52.4 Å². The van der Waals surface area contributed by atoms with Crippen molar-refractivity contribution in [3.63, 3.8) is 0 Å². The number of nitrogens with zero attached hydrogens (tertiary/aromatic N) is 1. The van der Waals surface area contributed by atoms with Crippen LogP contribution in [0.3, 0.4) is 0 Å². The molecule has 0 atom stereocenters. The lowest BCUT2D eigenvalue weighted by atomic mass is 10.3. The van der Waals surface area contributed by atoms with E-state index >= 15 is 0 Å². The van der Waals surface area contributed by atoms with Crippen LogP contribution in [-0.4, -0.2) is 21.6 Å². The summed E-state index contributed by atoms with van der Waals surface area (Å²) in [5.41, 5.74) is 1.28. The van der Waals surface area contributed by atoms with Gasteiger partial charge in [0.1, 0.15) is 0 Å². The molecule has 1 aromatic carbocycles. The van der Waals surface area contributed by atoms with Crippen molar-refractivity contribution in [2.24, 2.45) is 0 Å². The number of carbonyl (C=O) groups excluding carboxylic acids is 1. The van der Waals surface area contributed by atoms with Gasteiger partial charge in [0.25, 0.3) is 5.56 Å². The number of rotatable bonds is 5. The highest BCUT2D eigenvalue weighted by Crippen LogP contribution is 2.12. The van der Waals surface area contributed by atoms with E-state index in [0.29, 0.717) is 11.6 Å². The van der Waals surface area contributed by atoms with E-state index in [4.69, 9.17) is 0 Å². The molecule has 20 heavy (non-hydrogen) atoms. The number of anilines is 1. The highest BCUT2D eigenvalue weighted by molar-refractivity contribution is 7.99. The van der Waals surface area contributed by atoms with Gasteiger partial charge in [-0.3, -0.25) is 9.59 Å². The van der Waals surface area contributed by atoms with Crippen LogP contribution >= 0.6 is 11.8 Å². The number of benzene rings is 1. The van der Waals surface area contributed by atoms with Crippen LogP contribution in [0.5, 0.6) is 0 Å². The summed E-state index contributed by atoms with van der Waals surface area (Å²) in [7, 11) is 0. The van der Waals surface area contributed by atoms with Gasteiger partial charge in [-0.15, -0.1) is 0 Å².